The highest BCUT2D eigenvalue weighted by molar-refractivity contribution is 6.31. The summed E-state index contributed by atoms with van der Waals surface area (Å²) in [6, 6.07) is 17.8. The number of rotatable bonds is 10. The van der Waals surface area contributed by atoms with Crippen LogP contribution in [-0.4, -0.2) is 27.8 Å². The van der Waals surface area contributed by atoms with Gasteiger partial charge in [0.05, 0.1) is 17.3 Å². The maximum absolute atomic E-state index is 13.4. The number of amides is 1. The molecule has 0 atom stereocenters. The molecule has 2 aromatic heterocycles. The third kappa shape index (κ3) is 5.23. The first-order valence-corrected chi connectivity index (χ1v) is 12.3. The van der Waals surface area contributed by atoms with Crippen molar-refractivity contribution < 1.29 is 19.1 Å². The van der Waals surface area contributed by atoms with Crippen molar-refractivity contribution in [2.45, 2.75) is 13.0 Å². The largest absolute Gasteiger partial charge is 0.485 e. The number of primary amides is 1. The van der Waals surface area contributed by atoms with Crippen molar-refractivity contribution in [1.82, 2.24) is 9.55 Å². The highest BCUT2D eigenvalue weighted by Crippen LogP contribution is 2.31. The van der Waals surface area contributed by atoms with Crippen LogP contribution in [0.4, 0.5) is 0 Å². The number of carbonyl (C=O) groups excluding carboxylic acids is 2. The molecule has 0 bridgehead atoms. The van der Waals surface area contributed by atoms with Crippen LogP contribution in [0, 0.1) is 0 Å². The number of nitrogens with zero attached hydrogens (tertiary/aromatic N) is 2. The minimum Gasteiger partial charge on any atom is -0.485 e. The number of fused-ring (bicyclic) bond motifs is 2. The Bertz CT molecular complexity index is 1680. The van der Waals surface area contributed by atoms with E-state index in [-0.39, 0.29) is 23.7 Å². The molecule has 0 spiro atoms. The Morgan fingerprint density at radius 3 is 2.66 bits per heavy atom. The lowest BCUT2D eigenvalue weighted by molar-refractivity contribution is 0.0913. The van der Waals surface area contributed by atoms with E-state index >= 15 is 0 Å². The van der Waals surface area contributed by atoms with Gasteiger partial charge in [0.25, 0.3) is 5.91 Å². The topological polar surface area (TPSA) is 96.4 Å². The number of halogens is 1. The monoisotopic (exact) mass is 525 g/mol. The Morgan fingerprint density at radius 1 is 1.03 bits per heavy atom. The molecule has 0 saturated carbocycles. The molecule has 1 amide bonds. The Balaban J connectivity index is 1.44. The van der Waals surface area contributed by atoms with E-state index in [1.54, 1.807) is 42.7 Å². The molecule has 0 aliphatic rings. The molecule has 8 heteroatoms. The van der Waals surface area contributed by atoms with Gasteiger partial charge in [-0.2, -0.15) is 0 Å². The van der Waals surface area contributed by atoms with Crippen LogP contribution in [0.2, 0.25) is 5.02 Å². The normalized spacial score (nSPS) is 11.0. The molecule has 7 nitrogen and oxygen atoms in total. The number of nitrogens with two attached hydrogens (primary N) is 1. The lowest BCUT2D eigenvalue weighted by atomic mass is 10.1. The van der Waals surface area contributed by atoms with Crippen LogP contribution in [0.25, 0.3) is 21.7 Å². The second-order valence-corrected chi connectivity index (χ2v) is 9.14. The van der Waals surface area contributed by atoms with Crippen LogP contribution in [0.15, 0.2) is 91.9 Å². The van der Waals surface area contributed by atoms with Gasteiger partial charge in [-0.1, -0.05) is 23.7 Å². The maximum Gasteiger partial charge on any atom is 0.252 e. The van der Waals surface area contributed by atoms with Crippen molar-refractivity contribution in [3.63, 3.8) is 0 Å². The minimum atomic E-state index is -0.656. The summed E-state index contributed by atoms with van der Waals surface area (Å²) < 4.78 is 13.8. The van der Waals surface area contributed by atoms with Crippen LogP contribution in [-0.2, 0) is 6.54 Å². The number of aryl methyl sites for hydroxylation is 1. The lowest BCUT2D eigenvalue weighted by Crippen LogP contribution is -2.16. The second-order valence-electron chi connectivity index (χ2n) is 8.70. The number of aromatic nitrogens is 2. The standard InChI is InChI=1S/C30H24ClN3O4/c1-2-3-11-34-17-26(24-9-8-22(15-27(24)34)38-23-5-4-10-33-16-23)28(35)18-37-29-14-19-6-7-21(31)12-20(19)13-25(29)30(32)36/h2,4-10,12-17H,1,3,11,18H2,(H2,32,36). The molecule has 0 aliphatic carbocycles. The van der Waals surface area contributed by atoms with E-state index in [9.17, 15) is 9.59 Å². The van der Waals surface area contributed by atoms with E-state index in [0.29, 0.717) is 28.6 Å². The summed E-state index contributed by atoms with van der Waals surface area (Å²) in [5.74, 6) is 0.587. The summed E-state index contributed by atoms with van der Waals surface area (Å²) in [5, 5.41) is 2.87. The molecule has 0 radical (unpaired) electrons. The third-order valence-corrected chi connectivity index (χ3v) is 6.36. The average molecular weight is 526 g/mol. The van der Waals surface area contributed by atoms with E-state index in [4.69, 9.17) is 26.8 Å². The Hall–Kier alpha value is -4.62. The molecular weight excluding hydrogens is 502 g/mol. The fraction of sp³-hybridized carbons (Fsp3) is 0.100. The molecule has 190 valence electrons. The van der Waals surface area contributed by atoms with E-state index in [2.05, 4.69) is 11.6 Å². The summed E-state index contributed by atoms with van der Waals surface area (Å²) in [6.45, 7) is 4.18. The average Bonchev–Trinajstić information content (AvgIpc) is 3.28. The van der Waals surface area contributed by atoms with Crippen molar-refractivity contribution in [3.05, 3.63) is 108 Å². The molecule has 5 rings (SSSR count). The van der Waals surface area contributed by atoms with Gasteiger partial charge < -0.3 is 19.8 Å². The number of ketones is 1. The predicted octanol–water partition coefficient (Wildman–Crippen LogP) is 6.57. The SMILES string of the molecule is C=CCCn1cc(C(=O)COc2cc3ccc(Cl)cc3cc2C(N)=O)c2ccc(Oc3cccnc3)cc21. The molecule has 2 N–H and O–H groups in total. The first-order chi connectivity index (χ1) is 18.4. The number of allylic oxidation sites excluding steroid dienone is 1. The number of carbonyl (C=O) groups is 2. The predicted molar refractivity (Wildman–Crippen MR) is 148 cm³/mol. The number of hydrogen-bond acceptors (Lipinski definition) is 5. The van der Waals surface area contributed by atoms with Crippen LogP contribution in [0.3, 0.4) is 0 Å². The molecule has 3 aromatic carbocycles. The number of pyridine rings is 1. The van der Waals surface area contributed by atoms with Gasteiger partial charge in [-0.05, 0) is 65.7 Å². The number of benzene rings is 3. The van der Waals surface area contributed by atoms with Crippen LogP contribution >= 0.6 is 11.6 Å². The van der Waals surface area contributed by atoms with Crippen molar-refractivity contribution in [2.24, 2.45) is 5.73 Å². The van der Waals surface area contributed by atoms with Gasteiger partial charge >= 0.3 is 0 Å². The number of ether oxygens (including phenoxy) is 2. The minimum absolute atomic E-state index is 0.179. The fourth-order valence-electron chi connectivity index (χ4n) is 4.30. The first kappa shape index (κ1) is 25.0. The molecule has 0 unspecified atom stereocenters. The van der Waals surface area contributed by atoms with Gasteiger partial charge in [0.1, 0.15) is 17.2 Å². The van der Waals surface area contributed by atoms with E-state index in [1.807, 2.05) is 47.2 Å². The smallest absolute Gasteiger partial charge is 0.252 e. The molecule has 5 aromatic rings. The highest BCUT2D eigenvalue weighted by atomic mass is 35.5. The second kappa shape index (κ2) is 10.8. The van der Waals surface area contributed by atoms with Gasteiger partial charge in [-0.15, -0.1) is 6.58 Å². The van der Waals surface area contributed by atoms with Crippen LogP contribution in [0.5, 0.6) is 17.2 Å². The van der Waals surface area contributed by atoms with Crippen molar-refractivity contribution in [2.75, 3.05) is 6.61 Å². The van der Waals surface area contributed by atoms with E-state index in [0.717, 1.165) is 28.1 Å². The van der Waals surface area contributed by atoms with Gasteiger partial charge in [-0.25, -0.2) is 0 Å². The summed E-state index contributed by atoms with van der Waals surface area (Å²) in [4.78, 5) is 29.5. The molecule has 0 aliphatic heterocycles. The fourth-order valence-corrected chi connectivity index (χ4v) is 4.48. The zero-order chi connectivity index (χ0) is 26.6. The van der Waals surface area contributed by atoms with Crippen molar-refractivity contribution >= 4 is 45.0 Å². The Morgan fingerprint density at radius 2 is 1.89 bits per heavy atom. The molecular formula is C30H24ClN3O4. The Kier molecular flexibility index (Phi) is 7.11. The summed E-state index contributed by atoms with van der Waals surface area (Å²) >= 11 is 6.08. The first-order valence-electron chi connectivity index (χ1n) is 11.9. The van der Waals surface area contributed by atoms with Crippen LogP contribution < -0.4 is 15.2 Å². The highest BCUT2D eigenvalue weighted by Gasteiger charge is 2.19. The van der Waals surface area contributed by atoms with Gasteiger partial charge in [-0.3, -0.25) is 14.6 Å². The van der Waals surface area contributed by atoms with Gasteiger partial charge in [0.15, 0.2) is 6.61 Å². The third-order valence-electron chi connectivity index (χ3n) is 6.12. The number of Topliss-reactive ketones (excluding diaryl/α,β-unsaturated/α-hetero) is 1. The molecule has 2 heterocycles. The van der Waals surface area contributed by atoms with Crippen LogP contribution in [0.1, 0.15) is 27.1 Å². The summed E-state index contributed by atoms with van der Waals surface area (Å²) in [7, 11) is 0. The zero-order valence-electron chi connectivity index (χ0n) is 20.4. The van der Waals surface area contributed by atoms with Crippen molar-refractivity contribution in [3.8, 4) is 17.2 Å². The zero-order valence-corrected chi connectivity index (χ0v) is 21.1. The van der Waals surface area contributed by atoms with E-state index < -0.39 is 5.91 Å². The Labute approximate surface area is 224 Å². The molecule has 0 fully saturated rings. The maximum atomic E-state index is 13.4. The van der Waals surface area contributed by atoms with E-state index in [1.165, 1.54) is 0 Å². The van der Waals surface area contributed by atoms with Crippen molar-refractivity contribution in [1.29, 1.82) is 0 Å². The number of hydrogen-bond donors (Lipinski definition) is 1. The summed E-state index contributed by atoms with van der Waals surface area (Å²) in [5.41, 5.74) is 7.12. The van der Waals surface area contributed by atoms with Gasteiger partial charge in [0.2, 0.25) is 5.78 Å². The molecule has 38 heavy (non-hydrogen) atoms. The lowest BCUT2D eigenvalue weighted by Gasteiger charge is -2.11. The van der Waals surface area contributed by atoms with Gasteiger partial charge in [0, 0.05) is 41.0 Å². The molecule has 0 saturated heterocycles. The summed E-state index contributed by atoms with van der Waals surface area (Å²) in [6.07, 6.45) is 7.67. The quantitative estimate of drug-likeness (QED) is 0.164.